The molecule has 1 aliphatic rings. The van der Waals surface area contributed by atoms with Crippen molar-refractivity contribution in [2.24, 2.45) is 5.16 Å². The van der Waals surface area contributed by atoms with E-state index in [0.717, 1.165) is 17.7 Å². The zero-order valence-electron chi connectivity index (χ0n) is 8.14. The number of hydrogen-bond donors (Lipinski definition) is 0. The molecule has 3 nitrogen and oxygen atoms in total. The number of hydrogen-bond acceptors (Lipinski definition) is 3. The van der Waals surface area contributed by atoms with Gasteiger partial charge >= 0.3 is 0 Å². The summed E-state index contributed by atoms with van der Waals surface area (Å²) >= 11 is 0. The van der Waals surface area contributed by atoms with Crippen LogP contribution in [-0.2, 0) is 9.57 Å². The Morgan fingerprint density at radius 1 is 1.43 bits per heavy atom. The van der Waals surface area contributed by atoms with E-state index in [9.17, 15) is 0 Å². The lowest BCUT2D eigenvalue weighted by atomic mass is 10.1. The molecule has 0 bridgehead atoms. The first-order chi connectivity index (χ1) is 6.90. The summed E-state index contributed by atoms with van der Waals surface area (Å²) in [4.78, 5) is 5.22. The van der Waals surface area contributed by atoms with Gasteiger partial charge in [0.05, 0.1) is 12.3 Å². The van der Waals surface area contributed by atoms with Crippen LogP contribution in [0.5, 0.6) is 0 Å². The van der Waals surface area contributed by atoms with Crippen molar-refractivity contribution in [2.45, 2.75) is 12.5 Å². The number of oxime groups is 1. The molecule has 1 aromatic carbocycles. The number of nitrogens with zero attached hydrogens (tertiary/aromatic N) is 1. The van der Waals surface area contributed by atoms with Gasteiger partial charge in [0.15, 0.2) is 6.10 Å². The predicted octanol–water partition coefficient (Wildman–Crippen LogP) is 1.83. The molecule has 0 fully saturated rings. The summed E-state index contributed by atoms with van der Waals surface area (Å²) in [6, 6.07) is 10.1. The molecule has 14 heavy (non-hydrogen) atoms. The first-order valence-electron chi connectivity index (χ1n) is 4.67. The molecule has 0 saturated carbocycles. The van der Waals surface area contributed by atoms with Gasteiger partial charge in [0.1, 0.15) is 0 Å². The van der Waals surface area contributed by atoms with E-state index in [1.54, 1.807) is 7.11 Å². The van der Waals surface area contributed by atoms with E-state index >= 15 is 0 Å². The van der Waals surface area contributed by atoms with Crippen molar-refractivity contribution in [1.82, 2.24) is 0 Å². The van der Waals surface area contributed by atoms with Crippen LogP contribution in [0.25, 0.3) is 0 Å². The van der Waals surface area contributed by atoms with Crippen LogP contribution >= 0.6 is 0 Å². The standard InChI is InChI=1S/C11H13NO2/c1-13-8-10-7-11(12-14-10)9-5-3-2-4-6-9/h2-6,10H,7-8H2,1H3/t10-/m1/s1. The van der Waals surface area contributed by atoms with Gasteiger partial charge in [0.2, 0.25) is 0 Å². The Morgan fingerprint density at radius 2 is 2.21 bits per heavy atom. The predicted molar refractivity (Wildman–Crippen MR) is 54.3 cm³/mol. The Labute approximate surface area is 83.3 Å². The van der Waals surface area contributed by atoms with Gasteiger partial charge in [-0.15, -0.1) is 0 Å². The minimum atomic E-state index is 0.0789. The van der Waals surface area contributed by atoms with E-state index in [2.05, 4.69) is 5.16 Å². The number of benzene rings is 1. The fourth-order valence-electron chi connectivity index (χ4n) is 1.50. The van der Waals surface area contributed by atoms with Crippen molar-refractivity contribution in [3.05, 3.63) is 35.9 Å². The maximum absolute atomic E-state index is 5.22. The smallest absolute Gasteiger partial charge is 0.156 e. The summed E-state index contributed by atoms with van der Waals surface area (Å²) in [5, 5.41) is 4.04. The molecular weight excluding hydrogens is 178 g/mol. The van der Waals surface area contributed by atoms with Crippen molar-refractivity contribution in [1.29, 1.82) is 0 Å². The van der Waals surface area contributed by atoms with E-state index in [4.69, 9.17) is 9.57 Å². The molecule has 0 aromatic heterocycles. The topological polar surface area (TPSA) is 30.8 Å². The van der Waals surface area contributed by atoms with Crippen LogP contribution in [0.15, 0.2) is 35.5 Å². The third-order valence-corrected chi connectivity index (χ3v) is 2.19. The van der Waals surface area contributed by atoms with Crippen molar-refractivity contribution < 1.29 is 9.57 Å². The van der Waals surface area contributed by atoms with Crippen LogP contribution < -0.4 is 0 Å². The van der Waals surface area contributed by atoms with Gasteiger partial charge < -0.3 is 9.57 Å². The molecule has 1 atom stereocenters. The van der Waals surface area contributed by atoms with E-state index in [1.165, 1.54) is 0 Å². The minimum absolute atomic E-state index is 0.0789. The second-order valence-corrected chi connectivity index (χ2v) is 3.29. The van der Waals surface area contributed by atoms with Crippen molar-refractivity contribution in [3.63, 3.8) is 0 Å². The highest BCUT2D eigenvalue weighted by atomic mass is 16.7. The van der Waals surface area contributed by atoms with Gasteiger partial charge in [-0.3, -0.25) is 0 Å². The zero-order chi connectivity index (χ0) is 9.80. The minimum Gasteiger partial charge on any atom is -0.389 e. The lowest BCUT2D eigenvalue weighted by Crippen LogP contribution is -2.14. The van der Waals surface area contributed by atoms with E-state index in [1.807, 2.05) is 30.3 Å². The second-order valence-electron chi connectivity index (χ2n) is 3.29. The fraction of sp³-hybridized carbons (Fsp3) is 0.364. The Balaban J connectivity index is 2.02. The first-order valence-corrected chi connectivity index (χ1v) is 4.67. The van der Waals surface area contributed by atoms with Crippen molar-refractivity contribution in [2.75, 3.05) is 13.7 Å². The number of methoxy groups -OCH3 is 1. The largest absolute Gasteiger partial charge is 0.389 e. The summed E-state index contributed by atoms with van der Waals surface area (Å²) in [6.45, 7) is 0.597. The second kappa shape index (κ2) is 4.24. The summed E-state index contributed by atoms with van der Waals surface area (Å²) < 4.78 is 5.01. The Hall–Kier alpha value is -1.35. The maximum atomic E-state index is 5.22. The van der Waals surface area contributed by atoms with Gasteiger partial charge in [-0.2, -0.15) is 0 Å². The molecular formula is C11H13NO2. The normalized spacial score (nSPS) is 20.4. The van der Waals surface area contributed by atoms with Gasteiger partial charge in [-0.05, 0) is 5.56 Å². The molecule has 0 spiro atoms. The lowest BCUT2D eigenvalue weighted by Gasteiger charge is -2.04. The monoisotopic (exact) mass is 191 g/mol. The van der Waals surface area contributed by atoms with Crippen LogP contribution in [0.2, 0.25) is 0 Å². The third kappa shape index (κ3) is 1.93. The molecule has 2 rings (SSSR count). The van der Waals surface area contributed by atoms with E-state index < -0.39 is 0 Å². The molecule has 74 valence electrons. The highest BCUT2D eigenvalue weighted by Crippen LogP contribution is 2.16. The summed E-state index contributed by atoms with van der Waals surface area (Å²) in [7, 11) is 1.67. The molecule has 1 aliphatic heterocycles. The molecule has 3 heteroatoms. The zero-order valence-corrected chi connectivity index (χ0v) is 8.14. The van der Waals surface area contributed by atoms with Crippen molar-refractivity contribution >= 4 is 5.71 Å². The Kier molecular flexibility index (Phi) is 2.79. The molecule has 1 heterocycles. The highest BCUT2D eigenvalue weighted by molar-refractivity contribution is 6.01. The molecule has 0 unspecified atom stereocenters. The number of ether oxygens (including phenoxy) is 1. The molecule has 0 amide bonds. The molecule has 0 N–H and O–H groups in total. The maximum Gasteiger partial charge on any atom is 0.156 e. The van der Waals surface area contributed by atoms with E-state index in [-0.39, 0.29) is 6.10 Å². The van der Waals surface area contributed by atoms with Crippen LogP contribution in [0.3, 0.4) is 0 Å². The average Bonchev–Trinajstić information content (AvgIpc) is 2.68. The Morgan fingerprint density at radius 3 is 2.93 bits per heavy atom. The summed E-state index contributed by atoms with van der Waals surface area (Å²) in [5.41, 5.74) is 2.14. The fourth-order valence-corrected chi connectivity index (χ4v) is 1.50. The van der Waals surface area contributed by atoms with Gasteiger partial charge in [-0.25, -0.2) is 0 Å². The van der Waals surface area contributed by atoms with Crippen LogP contribution in [0, 0.1) is 0 Å². The van der Waals surface area contributed by atoms with Crippen LogP contribution in [0.4, 0.5) is 0 Å². The molecule has 0 aliphatic carbocycles. The molecule has 0 radical (unpaired) electrons. The average molecular weight is 191 g/mol. The van der Waals surface area contributed by atoms with Crippen LogP contribution in [0.1, 0.15) is 12.0 Å². The quantitative estimate of drug-likeness (QED) is 0.729. The summed E-state index contributed by atoms with van der Waals surface area (Å²) in [6.07, 6.45) is 0.910. The molecule has 0 saturated heterocycles. The van der Waals surface area contributed by atoms with Crippen molar-refractivity contribution in [3.8, 4) is 0 Å². The van der Waals surface area contributed by atoms with E-state index in [0.29, 0.717) is 6.61 Å². The van der Waals surface area contributed by atoms with Gasteiger partial charge in [0, 0.05) is 13.5 Å². The SMILES string of the molecule is COC[C@H]1CC(c2ccccc2)=NO1. The lowest BCUT2D eigenvalue weighted by molar-refractivity contribution is 0.0208. The van der Waals surface area contributed by atoms with Crippen LogP contribution in [-0.4, -0.2) is 25.5 Å². The Bertz CT molecular complexity index is 321. The number of rotatable bonds is 3. The first kappa shape index (κ1) is 9.21. The van der Waals surface area contributed by atoms with Gasteiger partial charge in [-0.1, -0.05) is 35.5 Å². The van der Waals surface area contributed by atoms with Gasteiger partial charge in [0.25, 0.3) is 0 Å². The highest BCUT2D eigenvalue weighted by Gasteiger charge is 2.21. The third-order valence-electron chi connectivity index (χ3n) is 2.19. The summed E-state index contributed by atoms with van der Waals surface area (Å²) in [5.74, 6) is 0. The molecule has 1 aromatic rings.